The third-order valence-electron chi connectivity index (χ3n) is 7.64. The van der Waals surface area contributed by atoms with Gasteiger partial charge in [-0.05, 0) is 71.4 Å². The molecule has 0 bridgehead atoms. The van der Waals surface area contributed by atoms with Crippen LogP contribution >= 0.6 is 15.9 Å². The number of carbonyl (C=O) groups is 3. The van der Waals surface area contributed by atoms with Gasteiger partial charge in [0.15, 0.2) is 5.78 Å². The van der Waals surface area contributed by atoms with Gasteiger partial charge < -0.3 is 10.2 Å². The summed E-state index contributed by atoms with van der Waals surface area (Å²) in [6, 6.07) is 9.99. The minimum atomic E-state index is -0.680. The molecule has 1 aliphatic heterocycles. The van der Waals surface area contributed by atoms with Crippen LogP contribution in [0.4, 0.5) is 5.82 Å². The lowest BCUT2D eigenvalue weighted by Crippen LogP contribution is -2.48. The number of pyridine rings is 1. The molecule has 2 atom stereocenters. The van der Waals surface area contributed by atoms with Gasteiger partial charge in [-0.2, -0.15) is 5.10 Å². The fourth-order valence-electron chi connectivity index (χ4n) is 5.20. The van der Waals surface area contributed by atoms with Gasteiger partial charge in [0.2, 0.25) is 11.8 Å². The number of aryl methyl sites for hydroxylation is 1. The molecule has 0 unspecified atom stereocenters. The van der Waals surface area contributed by atoms with Crippen LogP contribution in [0.1, 0.15) is 50.4 Å². The number of rotatable bonds is 6. The summed E-state index contributed by atoms with van der Waals surface area (Å²) >= 11 is 3.32. The molecule has 206 valence electrons. The van der Waals surface area contributed by atoms with Gasteiger partial charge in [0.1, 0.15) is 34.5 Å². The molecule has 1 fully saturated rings. The van der Waals surface area contributed by atoms with Crippen molar-refractivity contribution in [1.82, 2.24) is 29.6 Å². The van der Waals surface area contributed by atoms with Gasteiger partial charge in [-0.25, -0.2) is 15.0 Å². The molecule has 4 aromatic rings. The molecule has 0 radical (unpaired) electrons. The van der Waals surface area contributed by atoms with E-state index in [9.17, 15) is 14.4 Å². The quantitative estimate of drug-likeness (QED) is 0.247. The average Bonchev–Trinajstić information content (AvgIpc) is 3.38. The van der Waals surface area contributed by atoms with Gasteiger partial charge in [0, 0.05) is 36.3 Å². The number of amides is 2. The third kappa shape index (κ3) is 5.25. The SMILES string of the molecule is CC(=O)c1nn(CC(=O)N2[C@H](C(=O)Nc3cccc(Br)n3)CC(C)(C)[C@H]2C)c2ccc(-c3cnc(C)nc3)cc12. The lowest BCUT2D eigenvalue weighted by molar-refractivity contribution is -0.139. The Morgan fingerprint density at radius 3 is 2.50 bits per heavy atom. The topological polar surface area (TPSA) is 123 Å². The number of anilines is 1. The van der Waals surface area contributed by atoms with Crippen molar-refractivity contribution in [1.29, 1.82) is 0 Å². The number of likely N-dealkylation sites (tertiary alicyclic amines) is 1. The van der Waals surface area contributed by atoms with Gasteiger partial charge in [-0.15, -0.1) is 0 Å². The molecule has 0 saturated carbocycles. The third-order valence-corrected chi connectivity index (χ3v) is 8.09. The minimum Gasteiger partial charge on any atom is -0.326 e. The maximum Gasteiger partial charge on any atom is 0.248 e. The predicted molar refractivity (Wildman–Crippen MR) is 155 cm³/mol. The van der Waals surface area contributed by atoms with Crippen molar-refractivity contribution in [2.45, 2.75) is 59.7 Å². The van der Waals surface area contributed by atoms with Crippen LogP contribution in [0.25, 0.3) is 22.0 Å². The number of carbonyl (C=O) groups excluding carboxylic acids is 3. The predicted octanol–water partition coefficient (Wildman–Crippen LogP) is 4.82. The zero-order valence-corrected chi connectivity index (χ0v) is 24.6. The second-order valence-electron chi connectivity index (χ2n) is 10.8. The number of nitrogens with one attached hydrogen (secondary N) is 1. The second-order valence-corrected chi connectivity index (χ2v) is 11.6. The van der Waals surface area contributed by atoms with Crippen molar-refractivity contribution < 1.29 is 14.4 Å². The number of fused-ring (bicyclic) bond motifs is 1. The summed E-state index contributed by atoms with van der Waals surface area (Å²) in [5.74, 6) is 0.317. The summed E-state index contributed by atoms with van der Waals surface area (Å²) in [6.45, 7) is 9.22. The number of hydrogen-bond acceptors (Lipinski definition) is 7. The lowest BCUT2D eigenvalue weighted by Gasteiger charge is -2.31. The molecule has 0 aliphatic carbocycles. The van der Waals surface area contributed by atoms with Crippen LogP contribution < -0.4 is 5.32 Å². The van der Waals surface area contributed by atoms with Crippen LogP contribution in [-0.4, -0.2) is 59.3 Å². The molecule has 5 rings (SSSR count). The van der Waals surface area contributed by atoms with Crippen molar-refractivity contribution in [3.63, 3.8) is 0 Å². The molecule has 40 heavy (non-hydrogen) atoms. The summed E-state index contributed by atoms with van der Waals surface area (Å²) in [5.41, 5.74) is 2.30. The summed E-state index contributed by atoms with van der Waals surface area (Å²) < 4.78 is 2.15. The van der Waals surface area contributed by atoms with E-state index in [1.165, 1.54) is 6.92 Å². The fourth-order valence-corrected chi connectivity index (χ4v) is 5.54. The Balaban J connectivity index is 1.46. The highest BCUT2D eigenvalue weighted by Gasteiger charge is 2.49. The van der Waals surface area contributed by atoms with Crippen LogP contribution in [0.3, 0.4) is 0 Å². The summed E-state index contributed by atoms with van der Waals surface area (Å²) in [4.78, 5) is 54.2. The first-order valence-corrected chi connectivity index (χ1v) is 13.8. The van der Waals surface area contributed by atoms with Crippen molar-refractivity contribution >= 4 is 50.2 Å². The van der Waals surface area contributed by atoms with E-state index in [0.717, 1.165) is 11.1 Å². The number of halogens is 1. The molecular weight excluding hydrogens is 574 g/mol. The fraction of sp³-hybridized carbons (Fsp3) is 0.345. The van der Waals surface area contributed by atoms with Gasteiger partial charge in [0.05, 0.1) is 5.52 Å². The van der Waals surface area contributed by atoms with Gasteiger partial charge in [-0.3, -0.25) is 19.1 Å². The maximum absolute atomic E-state index is 13.8. The smallest absolute Gasteiger partial charge is 0.248 e. The Labute approximate surface area is 240 Å². The summed E-state index contributed by atoms with van der Waals surface area (Å²) in [7, 11) is 0. The molecule has 3 aromatic heterocycles. The molecule has 1 saturated heterocycles. The van der Waals surface area contributed by atoms with E-state index in [2.05, 4.69) is 55.1 Å². The molecular formula is C29H30BrN7O3. The van der Waals surface area contributed by atoms with E-state index in [-0.39, 0.29) is 41.3 Å². The Bertz CT molecular complexity index is 1630. The van der Waals surface area contributed by atoms with E-state index >= 15 is 0 Å². The van der Waals surface area contributed by atoms with Crippen molar-refractivity contribution in [2.24, 2.45) is 5.41 Å². The molecule has 11 heteroatoms. The Kier molecular flexibility index (Phi) is 7.26. The maximum atomic E-state index is 13.8. The number of benzene rings is 1. The van der Waals surface area contributed by atoms with Gasteiger partial charge >= 0.3 is 0 Å². The van der Waals surface area contributed by atoms with Crippen molar-refractivity contribution in [2.75, 3.05) is 5.32 Å². The molecule has 0 spiro atoms. The van der Waals surface area contributed by atoms with Crippen LogP contribution in [0.15, 0.2) is 53.4 Å². The molecule has 2 amide bonds. The van der Waals surface area contributed by atoms with E-state index < -0.39 is 6.04 Å². The number of aromatic nitrogens is 5. The Hall–Kier alpha value is -3.99. The van der Waals surface area contributed by atoms with Gasteiger partial charge in [-0.1, -0.05) is 26.0 Å². The first-order valence-electron chi connectivity index (χ1n) is 13.0. The molecule has 1 aliphatic rings. The number of hydrogen-bond donors (Lipinski definition) is 1. The number of Topliss-reactive ketones (excluding diaryl/α,β-unsaturated/α-hetero) is 1. The van der Waals surface area contributed by atoms with Crippen LogP contribution in [0.5, 0.6) is 0 Å². The highest BCUT2D eigenvalue weighted by atomic mass is 79.9. The average molecular weight is 605 g/mol. The zero-order valence-electron chi connectivity index (χ0n) is 23.0. The molecule has 1 aromatic carbocycles. The van der Waals surface area contributed by atoms with Crippen LogP contribution in [0.2, 0.25) is 0 Å². The normalized spacial score (nSPS) is 18.2. The largest absolute Gasteiger partial charge is 0.326 e. The summed E-state index contributed by atoms with van der Waals surface area (Å²) in [6.07, 6.45) is 3.97. The summed E-state index contributed by atoms with van der Waals surface area (Å²) in [5, 5.41) is 8.03. The lowest BCUT2D eigenvalue weighted by atomic mass is 9.84. The van der Waals surface area contributed by atoms with Gasteiger partial charge in [0.25, 0.3) is 0 Å². The highest BCUT2D eigenvalue weighted by Crippen LogP contribution is 2.41. The minimum absolute atomic E-state index is 0.115. The zero-order chi connectivity index (χ0) is 28.8. The standard InChI is InChI=1S/C29H30BrN7O3/c1-16(38)27-21-11-19(20-13-31-18(3)32-14-20)9-10-22(21)36(35-27)15-26(39)37-17(2)29(4,5)12-23(37)28(40)34-25-8-6-7-24(30)33-25/h6-11,13-14,17,23H,12,15H2,1-5H3,(H,33,34,40)/t17-,23+/m1/s1. The van der Waals surface area contributed by atoms with Crippen molar-refractivity contribution in [3.05, 3.63) is 64.9 Å². The van der Waals surface area contributed by atoms with E-state index in [4.69, 9.17) is 0 Å². The van der Waals surface area contributed by atoms with E-state index in [0.29, 0.717) is 33.6 Å². The second kappa shape index (κ2) is 10.5. The van der Waals surface area contributed by atoms with E-state index in [1.54, 1.807) is 40.2 Å². The first-order chi connectivity index (χ1) is 18.9. The Morgan fingerprint density at radius 1 is 1.10 bits per heavy atom. The van der Waals surface area contributed by atoms with E-state index in [1.807, 2.05) is 32.0 Å². The molecule has 4 heterocycles. The molecule has 10 nitrogen and oxygen atoms in total. The van der Waals surface area contributed by atoms with Crippen molar-refractivity contribution in [3.8, 4) is 11.1 Å². The Morgan fingerprint density at radius 2 is 1.82 bits per heavy atom. The van der Waals surface area contributed by atoms with Crippen LogP contribution in [0, 0.1) is 12.3 Å². The monoisotopic (exact) mass is 603 g/mol. The first kappa shape index (κ1) is 27.6. The highest BCUT2D eigenvalue weighted by molar-refractivity contribution is 9.10. The number of nitrogens with zero attached hydrogens (tertiary/aromatic N) is 6. The molecule has 1 N–H and O–H groups in total. The number of ketones is 1. The van der Waals surface area contributed by atoms with Crippen LogP contribution in [-0.2, 0) is 16.1 Å².